The summed E-state index contributed by atoms with van der Waals surface area (Å²) in [5, 5.41) is 1.26. The Hall–Kier alpha value is -2.06. The summed E-state index contributed by atoms with van der Waals surface area (Å²) in [6, 6.07) is 18.9. The lowest BCUT2D eigenvalue weighted by molar-refractivity contribution is 0.899. The van der Waals surface area contributed by atoms with Crippen LogP contribution in [0.4, 0.5) is 0 Å². The van der Waals surface area contributed by atoms with E-state index in [1.165, 1.54) is 27.7 Å². The van der Waals surface area contributed by atoms with E-state index in [4.69, 9.17) is 5.73 Å². The van der Waals surface area contributed by atoms with Crippen LogP contribution >= 0.6 is 0 Å². The van der Waals surface area contributed by atoms with Gasteiger partial charge in [0, 0.05) is 23.1 Å². The highest BCUT2D eigenvalue weighted by molar-refractivity contribution is 5.84. The summed E-state index contributed by atoms with van der Waals surface area (Å²) in [6.07, 6.45) is 2.05. The molecular formula is C17H18N2. The van der Waals surface area contributed by atoms with Crippen molar-refractivity contribution in [2.75, 3.05) is 0 Å². The number of aromatic nitrogens is 1. The summed E-state index contributed by atoms with van der Waals surface area (Å²) in [5.74, 6) is 0. The predicted molar refractivity (Wildman–Crippen MR) is 80.0 cm³/mol. The maximum absolute atomic E-state index is 5.91. The maximum Gasteiger partial charge on any atom is 0.0459 e. The molecule has 0 aliphatic heterocycles. The fourth-order valence-electron chi connectivity index (χ4n) is 2.62. The zero-order valence-corrected chi connectivity index (χ0v) is 10.9. The van der Waals surface area contributed by atoms with E-state index in [9.17, 15) is 0 Å². The minimum atomic E-state index is 0.591. The average Bonchev–Trinajstić information content (AvgIpc) is 2.83. The van der Waals surface area contributed by atoms with Gasteiger partial charge in [-0.15, -0.1) is 0 Å². The Morgan fingerprint density at radius 1 is 0.842 bits per heavy atom. The highest BCUT2D eigenvalue weighted by Gasteiger charge is 2.09. The van der Waals surface area contributed by atoms with E-state index in [-0.39, 0.29) is 0 Å². The lowest BCUT2D eigenvalue weighted by atomic mass is 10.0. The van der Waals surface area contributed by atoms with Gasteiger partial charge in [-0.3, -0.25) is 0 Å². The molecule has 0 spiro atoms. The van der Waals surface area contributed by atoms with Gasteiger partial charge in [0.15, 0.2) is 0 Å². The third kappa shape index (κ3) is 2.40. The first kappa shape index (κ1) is 12.0. The number of aromatic amines is 1. The molecule has 0 aliphatic rings. The molecule has 3 rings (SSSR count). The zero-order valence-electron chi connectivity index (χ0n) is 10.9. The fourth-order valence-corrected chi connectivity index (χ4v) is 2.62. The zero-order chi connectivity index (χ0) is 13.1. The second-order valence-corrected chi connectivity index (χ2v) is 4.82. The van der Waals surface area contributed by atoms with Crippen molar-refractivity contribution in [3.63, 3.8) is 0 Å². The topological polar surface area (TPSA) is 41.8 Å². The first-order valence-electron chi connectivity index (χ1n) is 6.71. The number of H-pyrrole nitrogens is 1. The van der Waals surface area contributed by atoms with Gasteiger partial charge in [0.25, 0.3) is 0 Å². The molecule has 0 saturated heterocycles. The Labute approximate surface area is 113 Å². The largest absolute Gasteiger partial charge is 0.358 e. The number of aryl methyl sites for hydroxylation is 2. The average molecular weight is 250 g/mol. The molecule has 2 heteroatoms. The van der Waals surface area contributed by atoms with Crippen LogP contribution in [0.1, 0.15) is 16.8 Å². The molecule has 0 unspecified atom stereocenters. The van der Waals surface area contributed by atoms with Gasteiger partial charge in [-0.25, -0.2) is 0 Å². The van der Waals surface area contributed by atoms with Gasteiger partial charge >= 0.3 is 0 Å². The molecule has 1 aromatic heterocycles. The smallest absolute Gasteiger partial charge is 0.0459 e. The quantitative estimate of drug-likeness (QED) is 0.732. The van der Waals surface area contributed by atoms with E-state index < -0.39 is 0 Å². The van der Waals surface area contributed by atoms with Crippen LogP contribution < -0.4 is 5.73 Å². The molecular weight excluding hydrogens is 232 g/mol. The van der Waals surface area contributed by atoms with Gasteiger partial charge < -0.3 is 10.7 Å². The molecule has 0 fully saturated rings. The maximum atomic E-state index is 5.91. The third-order valence-electron chi connectivity index (χ3n) is 3.61. The Bertz CT molecular complexity index is 668. The Kier molecular flexibility index (Phi) is 3.34. The lowest BCUT2D eigenvalue weighted by Gasteiger charge is -2.03. The van der Waals surface area contributed by atoms with Crippen LogP contribution in [0.3, 0.4) is 0 Å². The summed E-state index contributed by atoms with van der Waals surface area (Å²) in [7, 11) is 0. The first-order valence-corrected chi connectivity index (χ1v) is 6.71. The third-order valence-corrected chi connectivity index (χ3v) is 3.61. The Morgan fingerprint density at radius 2 is 1.58 bits per heavy atom. The second-order valence-electron chi connectivity index (χ2n) is 4.82. The van der Waals surface area contributed by atoms with Crippen LogP contribution in [0.5, 0.6) is 0 Å². The van der Waals surface area contributed by atoms with E-state index in [1.54, 1.807) is 0 Å². The molecule has 2 nitrogen and oxygen atoms in total. The van der Waals surface area contributed by atoms with E-state index in [0.717, 1.165) is 12.8 Å². The molecule has 0 atom stereocenters. The Morgan fingerprint density at radius 3 is 2.37 bits per heavy atom. The molecule has 0 aliphatic carbocycles. The predicted octanol–water partition coefficient (Wildman–Crippen LogP) is 3.41. The van der Waals surface area contributed by atoms with Crippen LogP contribution in [0.15, 0.2) is 54.6 Å². The number of nitrogens with two attached hydrogens (primary N) is 1. The Balaban J connectivity index is 1.88. The van der Waals surface area contributed by atoms with Crippen LogP contribution in [0.2, 0.25) is 0 Å². The van der Waals surface area contributed by atoms with Gasteiger partial charge in [0.05, 0.1) is 0 Å². The summed E-state index contributed by atoms with van der Waals surface area (Å²) in [4.78, 5) is 3.51. The molecule has 0 radical (unpaired) electrons. The molecule has 3 N–H and O–H groups in total. The number of rotatable bonds is 4. The number of hydrogen-bond acceptors (Lipinski definition) is 1. The van der Waals surface area contributed by atoms with E-state index in [2.05, 4.69) is 59.6 Å². The van der Waals surface area contributed by atoms with Crippen molar-refractivity contribution in [3.8, 4) is 0 Å². The van der Waals surface area contributed by atoms with Crippen LogP contribution in [-0.4, -0.2) is 4.98 Å². The molecule has 0 amide bonds. The van der Waals surface area contributed by atoms with Gasteiger partial charge in [-0.05, 0) is 30.0 Å². The second kappa shape index (κ2) is 5.29. The van der Waals surface area contributed by atoms with Crippen molar-refractivity contribution >= 4 is 10.9 Å². The summed E-state index contributed by atoms with van der Waals surface area (Å²) in [5.41, 5.74) is 11.0. The minimum absolute atomic E-state index is 0.591. The summed E-state index contributed by atoms with van der Waals surface area (Å²) in [6.45, 7) is 0.591. The highest BCUT2D eigenvalue weighted by atomic mass is 14.7. The number of para-hydroxylation sites is 1. The van der Waals surface area contributed by atoms with Crippen LogP contribution in [0, 0.1) is 0 Å². The van der Waals surface area contributed by atoms with Crippen molar-refractivity contribution in [2.45, 2.75) is 19.4 Å². The summed E-state index contributed by atoms with van der Waals surface area (Å²) < 4.78 is 0. The molecule has 19 heavy (non-hydrogen) atoms. The number of fused-ring (bicyclic) bond motifs is 1. The summed E-state index contributed by atoms with van der Waals surface area (Å²) >= 11 is 0. The van der Waals surface area contributed by atoms with Crippen molar-refractivity contribution in [2.24, 2.45) is 5.73 Å². The SMILES string of the molecule is NCc1c(CCc2ccccc2)[nH]c2ccccc12. The van der Waals surface area contributed by atoms with Crippen LogP contribution in [-0.2, 0) is 19.4 Å². The molecule has 2 aromatic carbocycles. The van der Waals surface area contributed by atoms with Crippen molar-refractivity contribution < 1.29 is 0 Å². The van der Waals surface area contributed by atoms with Crippen molar-refractivity contribution in [1.82, 2.24) is 4.98 Å². The molecule has 96 valence electrons. The van der Waals surface area contributed by atoms with E-state index in [1.807, 2.05) is 0 Å². The lowest BCUT2D eigenvalue weighted by Crippen LogP contribution is -2.01. The van der Waals surface area contributed by atoms with E-state index in [0.29, 0.717) is 6.54 Å². The van der Waals surface area contributed by atoms with Gasteiger partial charge in [0.2, 0.25) is 0 Å². The fraction of sp³-hybridized carbons (Fsp3) is 0.176. The molecule has 1 heterocycles. The molecule has 3 aromatic rings. The normalized spacial score (nSPS) is 11.0. The highest BCUT2D eigenvalue weighted by Crippen LogP contribution is 2.23. The van der Waals surface area contributed by atoms with Gasteiger partial charge in [-0.1, -0.05) is 48.5 Å². The number of nitrogens with one attached hydrogen (secondary N) is 1. The molecule has 0 bridgehead atoms. The van der Waals surface area contributed by atoms with Gasteiger partial charge in [0.1, 0.15) is 0 Å². The van der Waals surface area contributed by atoms with Crippen molar-refractivity contribution in [3.05, 3.63) is 71.4 Å². The number of hydrogen-bond donors (Lipinski definition) is 2. The molecule has 0 saturated carbocycles. The standard InChI is InChI=1S/C17H18N2/c18-12-15-14-8-4-5-9-16(14)19-17(15)11-10-13-6-2-1-3-7-13/h1-9,19H,10-12,18H2. The minimum Gasteiger partial charge on any atom is -0.358 e. The van der Waals surface area contributed by atoms with Crippen molar-refractivity contribution in [1.29, 1.82) is 0 Å². The van der Waals surface area contributed by atoms with E-state index >= 15 is 0 Å². The monoisotopic (exact) mass is 250 g/mol. The first-order chi connectivity index (χ1) is 9.38. The van der Waals surface area contributed by atoms with Crippen LogP contribution in [0.25, 0.3) is 10.9 Å². The van der Waals surface area contributed by atoms with Gasteiger partial charge in [-0.2, -0.15) is 0 Å². The number of benzene rings is 2.